The van der Waals surface area contributed by atoms with E-state index < -0.39 is 0 Å². The van der Waals surface area contributed by atoms with Crippen molar-refractivity contribution < 1.29 is 19.4 Å². The molecule has 0 aliphatic carbocycles. The number of phenolic OH excluding ortho intramolecular Hbond substituents is 1. The largest absolute Gasteiger partial charge is 0.504 e. The molecule has 0 saturated carbocycles. The maximum atomic E-state index is 11.8. The molecule has 4 rings (SSSR count). The summed E-state index contributed by atoms with van der Waals surface area (Å²) >= 11 is 0. The van der Waals surface area contributed by atoms with Crippen molar-refractivity contribution in [2.75, 3.05) is 13.7 Å². The third-order valence-electron chi connectivity index (χ3n) is 5.78. The van der Waals surface area contributed by atoms with Gasteiger partial charge in [0.2, 0.25) is 0 Å². The molecule has 2 N–H and O–H groups in total. The van der Waals surface area contributed by atoms with E-state index in [1.807, 2.05) is 31.2 Å². The molecule has 170 valence electrons. The SMILES string of the molecule is CCOc1cccc([C@H]2CC(c3ccc(C)cc3)=N[C@H](c3ccc(C(=O)OC)cc3)N2)c1O. The predicted molar refractivity (Wildman–Crippen MR) is 128 cm³/mol. The second-order valence-corrected chi connectivity index (χ2v) is 8.01. The van der Waals surface area contributed by atoms with Gasteiger partial charge in [-0.05, 0) is 43.2 Å². The van der Waals surface area contributed by atoms with Gasteiger partial charge in [-0.3, -0.25) is 10.3 Å². The van der Waals surface area contributed by atoms with Crippen LogP contribution in [0.1, 0.15) is 58.2 Å². The van der Waals surface area contributed by atoms with Crippen LogP contribution in [0.2, 0.25) is 0 Å². The molecule has 0 aromatic heterocycles. The van der Waals surface area contributed by atoms with Gasteiger partial charge in [0.15, 0.2) is 11.5 Å². The van der Waals surface area contributed by atoms with Crippen molar-refractivity contribution in [3.8, 4) is 11.5 Å². The van der Waals surface area contributed by atoms with Gasteiger partial charge in [-0.25, -0.2) is 4.79 Å². The Labute approximate surface area is 193 Å². The Hall–Kier alpha value is -3.64. The molecule has 33 heavy (non-hydrogen) atoms. The van der Waals surface area contributed by atoms with Crippen LogP contribution in [0.3, 0.4) is 0 Å². The number of para-hydroxylation sites is 1. The topological polar surface area (TPSA) is 80.2 Å². The number of benzene rings is 3. The molecule has 0 radical (unpaired) electrons. The summed E-state index contributed by atoms with van der Waals surface area (Å²) in [5.74, 6) is 0.231. The Morgan fingerprint density at radius 2 is 1.82 bits per heavy atom. The highest BCUT2D eigenvalue weighted by molar-refractivity contribution is 6.01. The molecular weight excluding hydrogens is 416 g/mol. The third kappa shape index (κ3) is 4.91. The smallest absolute Gasteiger partial charge is 0.337 e. The number of rotatable bonds is 6. The minimum absolute atomic E-state index is 0.141. The molecule has 1 heterocycles. The number of ether oxygens (including phenoxy) is 2. The highest BCUT2D eigenvalue weighted by Crippen LogP contribution is 2.38. The molecular formula is C27H28N2O4. The number of aryl methyl sites for hydroxylation is 1. The van der Waals surface area contributed by atoms with E-state index in [9.17, 15) is 9.90 Å². The summed E-state index contributed by atoms with van der Waals surface area (Å²) < 4.78 is 10.4. The molecule has 6 nitrogen and oxygen atoms in total. The number of carbonyl (C=O) groups is 1. The van der Waals surface area contributed by atoms with Crippen molar-refractivity contribution >= 4 is 11.7 Å². The van der Waals surface area contributed by atoms with Crippen molar-refractivity contribution in [1.82, 2.24) is 5.32 Å². The zero-order valence-corrected chi connectivity index (χ0v) is 19.0. The quantitative estimate of drug-likeness (QED) is 0.517. The fraction of sp³-hybridized carbons (Fsp3) is 0.259. The lowest BCUT2D eigenvalue weighted by atomic mass is 9.93. The number of nitrogens with zero attached hydrogens (tertiary/aromatic N) is 1. The second kappa shape index (κ2) is 9.88. The summed E-state index contributed by atoms with van der Waals surface area (Å²) in [6.07, 6.45) is 0.269. The van der Waals surface area contributed by atoms with Gasteiger partial charge in [-0.1, -0.05) is 54.1 Å². The fourth-order valence-corrected chi connectivity index (χ4v) is 4.01. The highest BCUT2D eigenvalue weighted by atomic mass is 16.5. The van der Waals surface area contributed by atoms with Crippen molar-refractivity contribution in [2.45, 2.75) is 32.5 Å². The van der Waals surface area contributed by atoms with Crippen LogP contribution < -0.4 is 10.1 Å². The predicted octanol–water partition coefficient (Wildman–Crippen LogP) is 5.11. The Kier molecular flexibility index (Phi) is 6.75. The van der Waals surface area contributed by atoms with Gasteiger partial charge in [-0.15, -0.1) is 0 Å². The van der Waals surface area contributed by atoms with Crippen LogP contribution in [0.4, 0.5) is 0 Å². The number of aromatic hydroxyl groups is 1. The zero-order valence-electron chi connectivity index (χ0n) is 19.0. The molecule has 6 heteroatoms. The van der Waals surface area contributed by atoms with E-state index in [0.717, 1.165) is 22.4 Å². The van der Waals surface area contributed by atoms with Gasteiger partial charge in [0.25, 0.3) is 0 Å². The lowest BCUT2D eigenvalue weighted by molar-refractivity contribution is 0.0600. The Balaban J connectivity index is 1.72. The average Bonchev–Trinajstić information content (AvgIpc) is 2.85. The van der Waals surface area contributed by atoms with E-state index in [0.29, 0.717) is 24.3 Å². The van der Waals surface area contributed by atoms with Crippen LogP contribution in [-0.4, -0.2) is 30.5 Å². The number of methoxy groups -OCH3 is 1. The maximum Gasteiger partial charge on any atom is 0.337 e. The first kappa shape index (κ1) is 22.6. The van der Waals surface area contributed by atoms with Crippen LogP contribution >= 0.6 is 0 Å². The molecule has 1 aliphatic rings. The number of nitrogens with one attached hydrogen (secondary N) is 1. The lowest BCUT2D eigenvalue weighted by Gasteiger charge is -2.31. The molecule has 1 aliphatic heterocycles. The van der Waals surface area contributed by atoms with Crippen molar-refractivity contribution in [3.63, 3.8) is 0 Å². The van der Waals surface area contributed by atoms with Gasteiger partial charge >= 0.3 is 5.97 Å². The lowest BCUT2D eigenvalue weighted by Crippen LogP contribution is -2.33. The number of esters is 1. The van der Waals surface area contributed by atoms with Crippen molar-refractivity contribution in [1.29, 1.82) is 0 Å². The van der Waals surface area contributed by atoms with E-state index in [-0.39, 0.29) is 23.9 Å². The van der Waals surface area contributed by atoms with E-state index in [2.05, 4.69) is 36.5 Å². The van der Waals surface area contributed by atoms with E-state index in [1.165, 1.54) is 12.7 Å². The van der Waals surface area contributed by atoms with Gasteiger partial charge in [0.05, 0.1) is 19.3 Å². The van der Waals surface area contributed by atoms with Crippen molar-refractivity contribution in [3.05, 3.63) is 94.5 Å². The number of hydrogen-bond acceptors (Lipinski definition) is 6. The van der Waals surface area contributed by atoms with Crippen LogP contribution in [0, 0.1) is 6.92 Å². The third-order valence-corrected chi connectivity index (χ3v) is 5.78. The molecule has 0 saturated heterocycles. The number of phenols is 1. The summed E-state index contributed by atoms with van der Waals surface area (Å²) in [7, 11) is 1.37. The Morgan fingerprint density at radius 1 is 1.09 bits per heavy atom. The normalized spacial score (nSPS) is 17.8. The Morgan fingerprint density at radius 3 is 2.48 bits per heavy atom. The average molecular weight is 445 g/mol. The standard InChI is InChI=1S/C27H28N2O4/c1-4-33-24-7-5-6-21(25(24)30)23-16-22(18-10-8-17(2)9-11-18)28-26(29-23)19-12-14-20(15-13-19)27(31)32-3/h5-15,23,26,29-30H,4,16H2,1-3H3/t23-,26+/m1/s1. The first-order valence-corrected chi connectivity index (χ1v) is 11.0. The first-order chi connectivity index (χ1) is 16.0. The van der Waals surface area contributed by atoms with Crippen LogP contribution in [0.15, 0.2) is 71.7 Å². The number of aliphatic imine (C=N–C) groups is 1. The molecule has 3 aromatic rings. The molecule has 0 fully saturated rings. The molecule has 0 unspecified atom stereocenters. The molecule has 0 amide bonds. The van der Waals surface area contributed by atoms with Gasteiger partial charge in [-0.2, -0.15) is 0 Å². The first-order valence-electron chi connectivity index (χ1n) is 11.0. The summed E-state index contributed by atoms with van der Waals surface area (Å²) in [6.45, 7) is 4.42. The fourth-order valence-electron chi connectivity index (χ4n) is 4.01. The molecule has 0 bridgehead atoms. The van der Waals surface area contributed by atoms with E-state index >= 15 is 0 Å². The maximum absolute atomic E-state index is 11.8. The molecule has 2 atom stereocenters. The zero-order chi connectivity index (χ0) is 23.4. The monoisotopic (exact) mass is 444 g/mol. The number of carbonyl (C=O) groups excluding carboxylic acids is 1. The van der Waals surface area contributed by atoms with Crippen LogP contribution in [0.5, 0.6) is 11.5 Å². The van der Waals surface area contributed by atoms with Gasteiger partial charge < -0.3 is 14.6 Å². The highest BCUT2D eigenvalue weighted by Gasteiger charge is 2.28. The van der Waals surface area contributed by atoms with Gasteiger partial charge in [0, 0.05) is 23.7 Å². The summed E-state index contributed by atoms with van der Waals surface area (Å²) in [6, 6.07) is 20.9. The van der Waals surface area contributed by atoms with E-state index in [1.54, 1.807) is 18.2 Å². The summed E-state index contributed by atoms with van der Waals surface area (Å²) in [5, 5.41) is 14.4. The Bertz CT molecular complexity index is 1150. The minimum atomic E-state index is -0.377. The minimum Gasteiger partial charge on any atom is -0.504 e. The van der Waals surface area contributed by atoms with Crippen LogP contribution in [-0.2, 0) is 4.74 Å². The second-order valence-electron chi connectivity index (χ2n) is 8.01. The summed E-state index contributed by atoms with van der Waals surface area (Å²) in [5.41, 5.74) is 5.33. The van der Waals surface area contributed by atoms with Crippen molar-refractivity contribution in [2.24, 2.45) is 4.99 Å². The number of hydrogen-bond donors (Lipinski definition) is 2. The van der Waals surface area contributed by atoms with E-state index in [4.69, 9.17) is 14.5 Å². The van der Waals surface area contributed by atoms with Gasteiger partial charge in [0.1, 0.15) is 6.17 Å². The summed E-state index contributed by atoms with van der Waals surface area (Å²) in [4.78, 5) is 16.8. The molecule has 0 spiro atoms. The molecule has 3 aromatic carbocycles. The van der Waals surface area contributed by atoms with Crippen LogP contribution in [0.25, 0.3) is 0 Å².